The number of amides is 2. The SMILES string of the molecule is O=C(Nc1ccc(O)cc1)NC1CCNC1. The molecule has 4 N–H and O–H groups in total. The molecule has 1 aromatic rings. The van der Waals surface area contributed by atoms with Crippen molar-refractivity contribution in [2.45, 2.75) is 12.5 Å². The quantitative estimate of drug-likeness (QED) is 0.560. The summed E-state index contributed by atoms with van der Waals surface area (Å²) < 4.78 is 0. The Morgan fingerprint density at radius 1 is 1.38 bits per heavy atom. The lowest BCUT2D eigenvalue weighted by Gasteiger charge is -2.12. The van der Waals surface area contributed by atoms with Crippen molar-refractivity contribution in [3.63, 3.8) is 0 Å². The van der Waals surface area contributed by atoms with Crippen LogP contribution < -0.4 is 16.0 Å². The minimum Gasteiger partial charge on any atom is -0.508 e. The molecule has 1 aromatic carbocycles. The molecule has 0 radical (unpaired) electrons. The molecule has 1 heterocycles. The maximum atomic E-state index is 11.5. The van der Waals surface area contributed by atoms with Gasteiger partial charge in [-0.3, -0.25) is 0 Å². The van der Waals surface area contributed by atoms with Gasteiger partial charge < -0.3 is 21.1 Å². The van der Waals surface area contributed by atoms with Gasteiger partial charge in [0.05, 0.1) is 0 Å². The third-order valence-corrected chi connectivity index (χ3v) is 2.52. The van der Waals surface area contributed by atoms with Crippen LogP contribution in [0.1, 0.15) is 6.42 Å². The fraction of sp³-hybridized carbons (Fsp3) is 0.364. The minimum atomic E-state index is -0.209. The number of anilines is 1. The van der Waals surface area contributed by atoms with Crippen LogP contribution in [0.15, 0.2) is 24.3 Å². The molecule has 2 amide bonds. The van der Waals surface area contributed by atoms with E-state index in [2.05, 4.69) is 16.0 Å². The third-order valence-electron chi connectivity index (χ3n) is 2.52. The van der Waals surface area contributed by atoms with Crippen molar-refractivity contribution in [2.75, 3.05) is 18.4 Å². The lowest BCUT2D eigenvalue weighted by Crippen LogP contribution is -2.39. The number of phenolic OH excluding ortho intramolecular Hbond substituents is 1. The predicted molar refractivity (Wildman–Crippen MR) is 61.5 cm³/mol. The molecule has 1 aliphatic rings. The number of nitrogens with one attached hydrogen (secondary N) is 3. The lowest BCUT2D eigenvalue weighted by atomic mass is 10.3. The van der Waals surface area contributed by atoms with Gasteiger partial charge in [-0.2, -0.15) is 0 Å². The molecule has 0 aliphatic carbocycles. The number of hydrogen-bond donors (Lipinski definition) is 4. The fourth-order valence-electron chi connectivity index (χ4n) is 1.68. The largest absolute Gasteiger partial charge is 0.508 e. The van der Waals surface area contributed by atoms with Gasteiger partial charge in [0, 0.05) is 18.3 Å². The van der Waals surface area contributed by atoms with Crippen molar-refractivity contribution in [3.05, 3.63) is 24.3 Å². The summed E-state index contributed by atoms with van der Waals surface area (Å²) in [4.78, 5) is 11.5. The van der Waals surface area contributed by atoms with Crippen molar-refractivity contribution >= 4 is 11.7 Å². The van der Waals surface area contributed by atoms with Gasteiger partial charge in [0.2, 0.25) is 0 Å². The number of phenols is 1. The molecule has 0 bridgehead atoms. The van der Waals surface area contributed by atoms with Crippen LogP contribution in [0.3, 0.4) is 0 Å². The summed E-state index contributed by atoms with van der Waals surface area (Å²) in [7, 11) is 0. The second-order valence-electron chi connectivity index (χ2n) is 3.84. The Kier molecular flexibility index (Phi) is 3.26. The standard InChI is InChI=1S/C11H15N3O2/c15-10-3-1-8(2-4-10)13-11(16)14-9-5-6-12-7-9/h1-4,9,12,15H,5-7H2,(H2,13,14,16). The summed E-state index contributed by atoms with van der Waals surface area (Å²) in [6.45, 7) is 1.77. The number of rotatable bonds is 2. The van der Waals surface area contributed by atoms with E-state index in [1.54, 1.807) is 12.1 Å². The minimum absolute atomic E-state index is 0.186. The number of carbonyl (C=O) groups is 1. The highest BCUT2D eigenvalue weighted by Gasteiger charge is 2.16. The molecule has 1 aliphatic heterocycles. The summed E-state index contributed by atoms with van der Waals surface area (Å²) in [6.07, 6.45) is 0.961. The van der Waals surface area contributed by atoms with Gasteiger partial charge in [0.15, 0.2) is 0 Å². The van der Waals surface area contributed by atoms with Gasteiger partial charge in [0.25, 0.3) is 0 Å². The molecule has 1 atom stereocenters. The molecule has 1 unspecified atom stereocenters. The van der Waals surface area contributed by atoms with Crippen molar-refractivity contribution < 1.29 is 9.90 Å². The van der Waals surface area contributed by atoms with Crippen LogP contribution in [-0.4, -0.2) is 30.3 Å². The number of carbonyl (C=O) groups excluding carboxylic acids is 1. The summed E-state index contributed by atoms with van der Waals surface area (Å²) in [5.74, 6) is 0.186. The van der Waals surface area contributed by atoms with Crippen molar-refractivity contribution in [1.29, 1.82) is 0 Å². The van der Waals surface area contributed by atoms with E-state index < -0.39 is 0 Å². The molecule has 5 nitrogen and oxygen atoms in total. The first-order valence-electron chi connectivity index (χ1n) is 5.31. The van der Waals surface area contributed by atoms with Crippen LogP contribution >= 0.6 is 0 Å². The van der Waals surface area contributed by atoms with Gasteiger partial charge >= 0.3 is 6.03 Å². The molecule has 16 heavy (non-hydrogen) atoms. The predicted octanol–water partition coefficient (Wildman–Crippen LogP) is 0.876. The maximum Gasteiger partial charge on any atom is 0.319 e. The van der Waals surface area contributed by atoms with E-state index in [4.69, 9.17) is 5.11 Å². The molecule has 0 aromatic heterocycles. The summed E-state index contributed by atoms with van der Waals surface area (Å²) in [5, 5.41) is 17.8. The number of urea groups is 1. The zero-order valence-corrected chi connectivity index (χ0v) is 8.86. The lowest BCUT2D eigenvalue weighted by molar-refractivity contribution is 0.249. The van der Waals surface area contributed by atoms with Gasteiger partial charge in [-0.25, -0.2) is 4.79 Å². The molecule has 5 heteroatoms. The smallest absolute Gasteiger partial charge is 0.319 e. The zero-order valence-electron chi connectivity index (χ0n) is 8.86. The molecule has 2 rings (SSSR count). The Morgan fingerprint density at radius 2 is 2.12 bits per heavy atom. The van der Waals surface area contributed by atoms with E-state index in [9.17, 15) is 4.79 Å². The summed E-state index contributed by atoms with van der Waals surface area (Å²) in [5.41, 5.74) is 0.668. The van der Waals surface area contributed by atoms with Gasteiger partial charge in [-0.05, 0) is 37.2 Å². The van der Waals surface area contributed by atoms with E-state index in [1.807, 2.05) is 0 Å². The van der Waals surface area contributed by atoms with Crippen LogP contribution in [0.2, 0.25) is 0 Å². The summed E-state index contributed by atoms with van der Waals surface area (Å²) >= 11 is 0. The Balaban J connectivity index is 1.84. The van der Waals surface area contributed by atoms with Gasteiger partial charge in [0.1, 0.15) is 5.75 Å². The van der Waals surface area contributed by atoms with Crippen LogP contribution in [0.25, 0.3) is 0 Å². The first-order chi connectivity index (χ1) is 7.74. The van der Waals surface area contributed by atoms with E-state index >= 15 is 0 Å². The van der Waals surface area contributed by atoms with E-state index in [0.717, 1.165) is 19.5 Å². The van der Waals surface area contributed by atoms with Gasteiger partial charge in [-0.15, -0.1) is 0 Å². The zero-order chi connectivity index (χ0) is 11.4. The molecular formula is C11H15N3O2. The van der Waals surface area contributed by atoms with Crippen molar-refractivity contribution in [1.82, 2.24) is 10.6 Å². The Morgan fingerprint density at radius 3 is 2.75 bits per heavy atom. The maximum absolute atomic E-state index is 11.5. The Bertz CT molecular complexity index is 358. The highest BCUT2D eigenvalue weighted by Crippen LogP contribution is 2.13. The Hall–Kier alpha value is -1.75. The normalized spacial score (nSPS) is 19.4. The molecule has 0 spiro atoms. The van der Waals surface area contributed by atoms with Crippen LogP contribution in [0.5, 0.6) is 5.75 Å². The monoisotopic (exact) mass is 221 g/mol. The van der Waals surface area contributed by atoms with Crippen LogP contribution in [0, 0.1) is 0 Å². The third kappa shape index (κ3) is 2.87. The first-order valence-corrected chi connectivity index (χ1v) is 5.31. The topological polar surface area (TPSA) is 73.4 Å². The second-order valence-corrected chi connectivity index (χ2v) is 3.84. The average molecular weight is 221 g/mol. The van der Waals surface area contributed by atoms with E-state index in [0.29, 0.717) is 5.69 Å². The van der Waals surface area contributed by atoms with Crippen LogP contribution in [-0.2, 0) is 0 Å². The van der Waals surface area contributed by atoms with Gasteiger partial charge in [-0.1, -0.05) is 0 Å². The first kappa shape index (κ1) is 10.8. The molecular weight excluding hydrogens is 206 g/mol. The fourth-order valence-corrected chi connectivity index (χ4v) is 1.68. The number of benzene rings is 1. The van der Waals surface area contributed by atoms with Crippen LogP contribution in [0.4, 0.5) is 10.5 Å². The molecule has 0 saturated carbocycles. The average Bonchev–Trinajstić information content (AvgIpc) is 2.74. The van der Waals surface area contributed by atoms with E-state index in [1.165, 1.54) is 12.1 Å². The van der Waals surface area contributed by atoms with E-state index in [-0.39, 0.29) is 17.8 Å². The molecule has 86 valence electrons. The highest BCUT2D eigenvalue weighted by atomic mass is 16.3. The second kappa shape index (κ2) is 4.85. The highest BCUT2D eigenvalue weighted by molar-refractivity contribution is 5.89. The number of aromatic hydroxyl groups is 1. The Labute approximate surface area is 93.9 Å². The van der Waals surface area contributed by atoms with Crippen molar-refractivity contribution in [3.8, 4) is 5.75 Å². The number of hydrogen-bond acceptors (Lipinski definition) is 3. The van der Waals surface area contributed by atoms with Crippen molar-refractivity contribution in [2.24, 2.45) is 0 Å². The molecule has 1 saturated heterocycles. The summed E-state index contributed by atoms with van der Waals surface area (Å²) in [6, 6.07) is 6.37. The molecule has 1 fully saturated rings.